The van der Waals surface area contributed by atoms with Crippen molar-refractivity contribution in [1.82, 2.24) is 20.1 Å². The van der Waals surface area contributed by atoms with Crippen LogP contribution >= 0.6 is 11.3 Å². The number of nitrogens with zero attached hydrogens (tertiary/aromatic N) is 5. The Morgan fingerprint density at radius 2 is 2.05 bits per heavy atom. The van der Waals surface area contributed by atoms with Crippen LogP contribution in [0.3, 0.4) is 0 Å². The van der Waals surface area contributed by atoms with E-state index in [1.165, 1.54) is 4.70 Å². The van der Waals surface area contributed by atoms with E-state index in [4.69, 9.17) is 14.1 Å². The highest BCUT2D eigenvalue weighted by Crippen LogP contribution is 2.35. The number of fused-ring (bicyclic) bond motifs is 1. The van der Waals surface area contributed by atoms with Crippen LogP contribution in [0.4, 0.5) is 5.82 Å². The molecule has 4 aromatic rings. The maximum atomic E-state index is 13.6. The van der Waals surface area contributed by atoms with Gasteiger partial charge < -0.3 is 19.0 Å². The smallest absolute Gasteiger partial charge is 0.310 e. The van der Waals surface area contributed by atoms with E-state index in [0.717, 1.165) is 29.5 Å². The number of ether oxygens (including phenoxy) is 1. The molecule has 3 aromatic heterocycles. The lowest BCUT2D eigenvalue weighted by atomic mass is 9.97. The van der Waals surface area contributed by atoms with Crippen molar-refractivity contribution in [2.45, 2.75) is 33.2 Å². The number of amides is 1. The Bertz CT molecular complexity index is 1430. The van der Waals surface area contributed by atoms with Gasteiger partial charge in [0.1, 0.15) is 5.82 Å². The Morgan fingerprint density at radius 1 is 1.22 bits per heavy atom. The van der Waals surface area contributed by atoms with Crippen LogP contribution in [0.2, 0.25) is 0 Å². The van der Waals surface area contributed by atoms with Gasteiger partial charge >= 0.3 is 5.97 Å². The summed E-state index contributed by atoms with van der Waals surface area (Å²) in [6.45, 7) is 5.20. The summed E-state index contributed by atoms with van der Waals surface area (Å²) < 4.78 is 11.9. The van der Waals surface area contributed by atoms with Crippen LogP contribution in [-0.4, -0.2) is 58.7 Å². The minimum Gasteiger partial charge on any atom is -0.466 e. The number of carbonyl (C=O) groups excluding carboxylic acids is 2. The SMILES string of the molecule is CCOC(=O)[C@@H]1CCCN(c2nc(-c3csc4ccccc34)ccc2C(=O)N(C)Cc2nnc(C)o2)C1. The number of piperidine rings is 1. The maximum Gasteiger partial charge on any atom is 0.310 e. The number of anilines is 1. The molecule has 0 N–H and O–H groups in total. The van der Waals surface area contributed by atoms with E-state index in [1.54, 1.807) is 30.2 Å². The van der Waals surface area contributed by atoms with E-state index in [1.807, 2.05) is 36.1 Å². The molecule has 1 amide bonds. The molecular formula is C27H29N5O4S. The van der Waals surface area contributed by atoms with Crippen LogP contribution in [0.5, 0.6) is 0 Å². The van der Waals surface area contributed by atoms with Gasteiger partial charge in [-0.25, -0.2) is 4.98 Å². The number of carbonyl (C=O) groups is 2. The van der Waals surface area contributed by atoms with Crippen molar-refractivity contribution in [3.63, 3.8) is 0 Å². The summed E-state index contributed by atoms with van der Waals surface area (Å²) in [5, 5.41) is 11.1. The number of rotatable bonds is 7. The summed E-state index contributed by atoms with van der Waals surface area (Å²) >= 11 is 1.67. The minimum absolute atomic E-state index is 0.182. The van der Waals surface area contributed by atoms with Gasteiger partial charge in [0.25, 0.3) is 5.91 Å². The Morgan fingerprint density at radius 3 is 2.84 bits per heavy atom. The molecule has 0 saturated carbocycles. The Hall–Kier alpha value is -3.79. The Kier molecular flexibility index (Phi) is 7.18. The minimum atomic E-state index is -0.261. The number of thiophene rings is 1. The van der Waals surface area contributed by atoms with Crippen molar-refractivity contribution in [2.24, 2.45) is 5.92 Å². The molecule has 1 aromatic carbocycles. The fourth-order valence-corrected chi connectivity index (χ4v) is 5.64. The first-order chi connectivity index (χ1) is 17.9. The van der Waals surface area contributed by atoms with Crippen molar-refractivity contribution in [1.29, 1.82) is 0 Å². The van der Waals surface area contributed by atoms with Crippen LogP contribution in [0.1, 0.15) is 41.9 Å². The summed E-state index contributed by atoms with van der Waals surface area (Å²) in [6.07, 6.45) is 1.56. The van der Waals surface area contributed by atoms with Crippen LogP contribution < -0.4 is 4.90 Å². The first-order valence-electron chi connectivity index (χ1n) is 12.4. The third kappa shape index (κ3) is 5.20. The molecule has 1 aliphatic rings. The highest BCUT2D eigenvalue weighted by molar-refractivity contribution is 7.17. The van der Waals surface area contributed by atoms with E-state index >= 15 is 0 Å². The zero-order chi connectivity index (χ0) is 25.9. The first-order valence-corrected chi connectivity index (χ1v) is 13.3. The second-order valence-electron chi connectivity index (χ2n) is 9.13. The monoisotopic (exact) mass is 519 g/mol. The molecule has 192 valence electrons. The quantitative estimate of drug-likeness (QED) is 0.324. The molecule has 0 unspecified atom stereocenters. The second kappa shape index (κ2) is 10.7. The van der Waals surface area contributed by atoms with Crippen LogP contribution in [0.15, 0.2) is 46.2 Å². The third-order valence-electron chi connectivity index (χ3n) is 6.49. The lowest BCUT2D eigenvalue weighted by Gasteiger charge is -2.34. The summed E-state index contributed by atoms with van der Waals surface area (Å²) in [5.74, 6) is 0.708. The molecule has 9 nitrogen and oxygen atoms in total. The van der Waals surface area contributed by atoms with Gasteiger partial charge in [-0.05, 0) is 38.0 Å². The largest absolute Gasteiger partial charge is 0.466 e. The molecule has 10 heteroatoms. The molecule has 0 radical (unpaired) electrons. The number of benzene rings is 1. The molecule has 0 aliphatic carbocycles. The van der Waals surface area contributed by atoms with Gasteiger partial charge in [0.15, 0.2) is 0 Å². The van der Waals surface area contributed by atoms with Gasteiger partial charge in [0.2, 0.25) is 11.8 Å². The van der Waals surface area contributed by atoms with Gasteiger partial charge in [-0.2, -0.15) is 0 Å². The number of aromatic nitrogens is 3. The third-order valence-corrected chi connectivity index (χ3v) is 7.45. The molecule has 5 rings (SSSR count). The Labute approximate surface area is 219 Å². The Balaban J connectivity index is 1.52. The molecule has 1 aliphatic heterocycles. The highest BCUT2D eigenvalue weighted by atomic mass is 32.1. The summed E-state index contributed by atoms with van der Waals surface area (Å²) in [7, 11) is 1.70. The summed E-state index contributed by atoms with van der Waals surface area (Å²) in [5.41, 5.74) is 2.28. The van der Waals surface area contributed by atoms with Gasteiger partial charge in [-0.1, -0.05) is 18.2 Å². The first kappa shape index (κ1) is 24.9. The van der Waals surface area contributed by atoms with Gasteiger partial charge in [0, 0.05) is 48.1 Å². The maximum absolute atomic E-state index is 13.6. The predicted molar refractivity (Wildman–Crippen MR) is 141 cm³/mol. The van der Waals surface area contributed by atoms with Crippen molar-refractivity contribution in [2.75, 3.05) is 31.6 Å². The fourth-order valence-electron chi connectivity index (χ4n) is 4.69. The van der Waals surface area contributed by atoms with Crippen molar-refractivity contribution >= 4 is 39.1 Å². The molecule has 1 fully saturated rings. The average Bonchev–Trinajstić information content (AvgIpc) is 3.54. The zero-order valence-electron chi connectivity index (χ0n) is 21.1. The van der Waals surface area contributed by atoms with E-state index in [2.05, 4.69) is 27.7 Å². The average molecular weight is 520 g/mol. The van der Waals surface area contributed by atoms with E-state index in [-0.39, 0.29) is 24.3 Å². The van der Waals surface area contributed by atoms with Gasteiger partial charge in [0.05, 0.1) is 30.3 Å². The number of aryl methyl sites for hydroxylation is 1. The molecule has 4 heterocycles. The standard InChI is InChI=1S/C27H29N5O4S/c1-4-35-27(34)18-8-7-13-32(14-18)25-20(26(33)31(3)15-24-30-29-17(2)36-24)11-12-22(28-25)21-16-37-23-10-6-5-9-19(21)23/h5-6,9-12,16,18H,4,7-8,13-15H2,1-3H3/t18-/m1/s1. The number of hydrogen-bond donors (Lipinski definition) is 0. The fraction of sp³-hybridized carbons (Fsp3) is 0.370. The molecule has 0 spiro atoms. The zero-order valence-corrected chi connectivity index (χ0v) is 22.0. The number of pyridine rings is 1. The van der Waals surface area contributed by atoms with E-state index in [9.17, 15) is 9.59 Å². The molecule has 37 heavy (non-hydrogen) atoms. The number of hydrogen-bond acceptors (Lipinski definition) is 9. The molecule has 1 saturated heterocycles. The van der Waals surface area contributed by atoms with Gasteiger partial charge in [-0.15, -0.1) is 21.5 Å². The topological polar surface area (TPSA) is 102 Å². The molecular weight excluding hydrogens is 490 g/mol. The van der Waals surface area contributed by atoms with Crippen LogP contribution in [-0.2, 0) is 16.1 Å². The van der Waals surface area contributed by atoms with Crippen LogP contribution in [0, 0.1) is 12.8 Å². The van der Waals surface area contributed by atoms with Crippen LogP contribution in [0.25, 0.3) is 21.3 Å². The van der Waals surface area contributed by atoms with Gasteiger partial charge in [-0.3, -0.25) is 9.59 Å². The summed E-state index contributed by atoms with van der Waals surface area (Å²) in [4.78, 5) is 34.8. The van der Waals surface area contributed by atoms with Crippen molar-refractivity contribution in [3.8, 4) is 11.3 Å². The summed E-state index contributed by atoms with van der Waals surface area (Å²) in [6, 6.07) is 11.9. The van der Waals surface area contributed by atoms with E-state index < -0.39 is 0 Å². The van der Waals surface area contributed by atoms with Crippen molar-refractivity contribution < 1.29 is 18.7 Å². The predicted octanol–water partition coefficient (Wildman–Crippen LogP) is 4.71. The van der Waals surface area contributed by atoms with Crippen molar-refractivity contribution in [3.05, 3.63) is 59.1 Å². The highest BCUT2D eigenvalue weighted by Gasteiger charge is 2.31. The molecule has 0 bridgehead atoms. The molecule has 1 atom stereocenters. The number of esters is 1. The van der Waals surface area contributed by atoms with E-state index in [0.29, 0.717) is 42.9 Å². The normalized spacial score (nSPS) is 15.6. The lowest BCUT2D eigenvalue weighted by Crippen LogP contribution is -2.41. The second-order valence-corrected chi connectivity index (χ2v) is 10.0. The lowest BCUT2D eigenvalue weighted by molar-refractivity contribution is -0.148.